The molecule has 0 saturated carbocycles. The first-order chi connectivity index (χ1) is 15.4. The number of hydrogen-bond donors (Lipinski definition) is 1. The molecule has 0 saturated heterocycles. The summed E-state index contributed by atoms with van der Waals surface area (Å²) in [6.07, 6.45) is -0.270. The SMILES string of the molecule is O=c1oc2cc(CO)ccc2c(OCc2ccc(F)cc2F)c1Cc1ccc(F)cc1F. The summed E-state index contributed by atoms with van der Waals surface area (Å²) in [6, 6.07) is 10.5. The van der Waals surface area contributed by atoms with Crippen molar-refractivity contribution in [3.63, 3.8) is 0 Å². The van der Waals surface area contributed by atoms with Gasteiger partial charge in [-0.05, 0) is 41.5 Å². The van der Waals surface area contributed by atoms with Crippen LogP contribution in [0.5, 0.6) is 5.75 Å². The van der Waals surface area contributed by atoms with Crippen molar-refractivity contribution < 1.29 is 31.8 Å². The van der Waals surface area contributed by atoms with Crippen molar-refractivity contribution in [1.29, 1.82) is 0 Å². The first-order valence-electron chi connectivity index (χ1n) is 9.56. The average molecular weight is 444 g/mol. The molecule has 0 aliphatic heterocycles. The summed E-state index contributed by atoms with van der Waals surface area (Å²) in [5.41, 5.74) is -0.220. The van der Waals surface area contributed by atoms with E-state index in [0.717, 1.165) is 12.1 Å². The number of rotatable bonds is 6. The molecule has 4 rings (SSSR count). The van der Waals surface area contributed by atoms with Gasteiger partial charge >= 0.3 is 5.63 Å². The van der Waals surface area contributed by atoms with Crippen molar-refractivity contribution >= 4 is 11.0 Å². The van der Waals surface area contributed by atoms with Crippen LogP contribution < -0.4 is 10.4 Å². The molecule has 0 spiro atoms. The van der Waals surface area contributed by atoms with Gasteiger partial charge in [0.15, 0.2) is 0 Å². The minimum atomic E-state index is -0.851. The molecule has 164 valence electrons. The summed E-state index contributed by atoms with van der Waals surface area (Å²) in [5, 5.41) is 9.68. The molecule has 0 unspecified atom stereocenters. The molecule has 0 aliphatic rings. The van der Waals surface area contributed by atoms with E-state index in [1.54, 1.807) is 12.1 Å². The minimum absolute atomic E-state index is 0.0215. The van der Waals surface area contributed by atoms with Crippen molar-refractivity contribution in [3.8, 4) is 5.75 Å². The van der Waals surface area contributed by atoms with Crippen LogP contribution in [-0.4, -0.2) is 5.11 Å². The number of aliphatic hydroxyl groups excluding tert-OH is 1. The Balaban J connectivity index is 1.82. The second-order valence-electron chi connectivity index (χ2n) is 7.12. The molecular formula is C24H16F4O4. The van der Waals surface area contributed by atoms with E-state index in [2.05, 4.69) is 0 Å². The predicted octanol–water partition coefficient (Wildman–Crippen LogP) is 5.01. The second-order valence-corrected chi connectivity index (χ2v) is 7.12. The average Bonchev–Trinajstić information content (AvgIpc) is 2.75. The Morgan fingerprint density at radius 3 is 2.12 bits per heavy atom. The van der Waals surface area contributed by atoms with E-state index in [-0.39, 0.29) is 47.7 Å². The normalized spacial score (nSPS) is 11.2. The van der Waals surface area contributed by atoms with E-state index in [4.69, 9.17) is 9.15 Å². The van der Waals surface area contributed by atoms with Crippen molar-refractivity contribution in [3.05, 3.63) is 111 Å². The van der Waals surface area contributed by atoms with Crippen LogP contribution in [0, 0.1) is 23.3 Å². The number of halogens is 4. The summed E-state index contributed by atoms with van der Waals surface area (Å²) in [6.45, 7) is -0.634. The van der Waals surface area contributed by atoms with Gasteiger partial charge in [-0.3, -0.25) is 0 Å². The maximum absolute atomic E-state index is 14.2. The van der Waals surface area contributed by atoms with E-state index in [1.165, 1.54) is 18.2 Å². The quantitative estimate of drug-likeness (QED) is 0.336. The van der Waals surface area contributed by atoms with Gasteiger partial charge < -0.3 is 14.3 Å². The van der Waals surface area contributed by atoms with Gasteiger partial charge in [-0.15, -0.1) is 0 Å². The zero-order chi connectivity index (χ0) is 22.8. The van der Waals surface area contributed by atoms with E-state index < -0.39 is 28.9 Å². The predicted molar refractivity (Wildman–Crippen MR) is 108 cm³/mol. The van der Waals surface area contributed by atoms with E-state index in [9.17, 15) is 27.5 Å². The molecule has 0 amide bonds. The fourth-order valence-corrected chi connectivity index (χ4v) is 3.32. The van der Waals surface area contributed by atoms with Crippen LogP contribution in [-0.2, 0) is 19.6 Å². The highest BCUT2D eigenvalue weighted by atomic mass is 19.1. The van der Waals surface area contributed by atoms with Crippen molar-refractivity contribution in [2.45, 2.75) is 19.6 Å². The molecule has 0 atom stereocenters. The largest absolute Gasteiger partial charge is 0.487 e. The minimum Gasteiger partial charge on any atom is -0.487 e. The lowest BCUT2D eigenvalue weighted by Crippen LogP contribution is -2.13. The Bertz CT molecular complexity index is 1360. The standard InChI is InChI=1S/C24H16F4O4/c25-16-4-2-14(20(27)9-16)8-19-23(31-12-15-3-5-17(26)10-21(15)28)18-6-1-13(11-29)7-22(18)32-24(19)30/h1-7,9-10,29H,8,11-12H2. The van der Waals surface area contributed by atoms with Crippen molar-refractivity contribution in [1.82, 2.24) is 0 Å². The maximum Gasteiger partial charge on any atom is 0.343 e. The smallest absolute Gasteiger partial charge is 0.343 e. The summed E-state index contributed by atoms with van der Waals surface area (Å²) < 4.78 is 65.9. The fraction of sp³-hybridized carbons (Fsp3) is 0.125. The lowest BCUT2D eigenvalue weighted by molar-refractivity contribution is 0.281. The van der Waals surface area contributed by atoms with E-state index in [0.29, 0.717) is 23.1 Å². The molecule has 0 radical (unpaired) electrons. The third-order valence-corrected chi connectivity index (χ3v) is 4.97. The zero-order valence-electron chi connectivity index (χ0n) is 16.5. The van der Waals surface area contributed by atoms with Gasteiger partial charge in [0.1, 0.15) is 41.2 Å². The van der Waals surface area contributed by atoms with Crippen LogP contribution in [0.2, 0.25) is 0 Å². The van der Waals surface area contributed by atoms with Gasteiger partial charge in [0.25, 0.3) is 0 Å². The Kier molecular flexibility index (Phi) is 5.96. The molecule has 32 heavy (non-hydrogen) atoms. The first kappa shape index (κ1) is 21.6. The molecule has 1 aromatic heterocycles. The number of benzene rings is 3. The van der Waals surface area contributed by atoms with Gasteiger partial charge in [0.2, 0.25) is 0 Å². The van der Waals surface area contributed by atoms with Gasteiger partial charge in [0.05, 0.1) is 17.6 Å². The van der Waals surface area contributed by atoms with Crippen LogP contribution >= 0.6 is 0 Å². The lowest BCUT2D eigenvalue weighted by atomic mass is 10.0. The van der Waals surface area contributed by atoms with Crippen LogP contribution in [0.25, 0.3) is 11.0 Å². The Morgan fingerprint density at radius 2 is 1.50 bits per heavy atom. The van der Waals surface area contributed by atoms with Gasteiger partial charge in [-0.2, -0.15) is 0 Å². The van der Waals surface area contributed by atoms with Crippen LogP contribution in [0.15, 0.2) is 63.8 Å². The molecule has 4 aromatic rings. The van der Waals surface area contributed by atoms with Crippen LogP contribution in [0.1, 0.15) is 22.3 Å². The Labute approximate surface area is 179 Å². The highest BCUT2D eigenvalue weighted by Gasteiger charge is 2.19. The molecular weight excluding hydrogens is 428 g/mol. The molecule has 1 heterocycles. The Hall–Kier alpha value is -3.65. The fourth-order valence-electron chi connectivity index (χ4n) is 3.32. The van der Waals surface area contributed by atoms with Crippen LogP contribution in [0.4, 0.5) is 17.6 Å². The van der Waals surface area contributed by atoms with E-state index in [1.807, 2.05) is 0 Å². The number of ether oxygens (including phenoxy) is 1. The van der Waals surface area contributed by atoms with Gasteiger partial charge in [-0.25, -0.2) is 22.4 Å². The summed E-state index contributed by atoms with van der Waals surface area (Å²) >= 11 is 0. The molecule has 4 nitrogen and oxygen atoms in total. The summed E-state index contributed by atoms with van der Waals surface area (Å²) in [4.78, 5) is 12.7. The summed E-state index contributed by atoms with van der Waals surface area (Å²) in [5.74, 6) is -3.17. The highest BCUT2D eigenvalue weighted by Crippen LogP contribution is 2.31. The number of fused-ring (bicyclic) bond motifs is 1. The number of hydrogen-bond acceptors (Lipinski definition) is 4. The van der Waals surface area contributed by atoms with Crippen molar-refractivity contribution in [2.75, 3.05) is 0 Å². The lowest BCUT2D eigenvalue weighted by Gasteiger charge is -2.14. The molecule has 3 aromatic carbocycles. The maximum atomic E-state index is 14.2. The van der Waals surface area contributed by atoms with Gasteiger partial charge in [-0.1, -0.05) is 12.1 Å². The monoisotopic (exact) mass is 444 g/mol. The second kappa shape index (κ2) is 8.84. The van der Waals surface area contributed by atoms with Gasteiger partial charge in [0, 0.05) is 24.1 Å². The van der Waals surface area contributed by atoms with E-state index >= 15 is 0 Å². The summed E-state index contributed by atoms with van der Waals surface area (Å²) in [7, 11) is 0. The molecule has 0 bridgehead atoms. The third kappa shape index (κ3) is 4.36. The zero-order valence-corrected chi connectivity index (χ0v) is 16.5. The molecule has 0 aliphatic carbocycles. The molecule has 0 fully saturated rings. The van der Waals surface area contributed by atoms with Crippen molar-refractivity contribution in [2.24, 2.45) is 0 Å². The third-order valence-electron chi connectivity index (χ3n) is 4.97. The molecule has 8 heteroatoms. The first-order valence-corrected chi connectivity index (χ1v) is 9.56. The number of aliphatic hydroxyl groups is 1. The van der Waals surface area contributed by atoms with Crippen LogP contribution in [0.3, 0.4) is 0 Å². The molecule has 1 N–H and O–H groups in total. The topological polar surface area (TPSA) is 59.7 Å². The highest BCUT2D eigenvalue weighted by molar-refractivity contribution is 5.85. The Morgan fingerprint density at radius 1 is 0.844 bits per heavy atom.